The molecule has 0 amide bonds. The van der Waals surface area contributed by atoms with E-state index < -0.39 is 11.7 Å². The van der Waals surface area contributed by atoms with Crippen LogP contribution in [-0.4, -0.2) is 11.7 Å². The van der Waals surface area contributed by atoms with Crippen molar-refractivity contribution in [1.82, 2.24) is 0 Å². The lowest BCUT2D eigenvalue weighted by atomic mass is 10.1. The first-order valence-corrected chi connectivity index (χ1v) is 4.39. The second-order valence-electron chi connectivity index (χ2n) is 3.07. The van der Waals surface area contributed by atoms with E-state index in [9.17, 15) is 13.6 Å². The van der Waals surface area contributed by atoms with Crippen LogP contribution in [0.5, 0.6) is 0 Å². The summed E-state index contributed by atoms with van der Waals surface area (Å²) in [5, 5.41) is 0. The SMILES string of the molecule is CCCCCCC(F)(F)C(C)=O. The van der Waals surface area contributed by atoms with Gasteiger partial charge in [0, 0.05) is 13.3 Å². The van der Waals surface area contributed by atoms with Gasteiger partial charge in [0.2, 0.25) is 0 Å². The van der Waals surface area contributed by atoms with Crippen molar-refractivity contribution in [2.75, 3.05) is 0 Å². The van der Waals surface area contributed by atoms with Crippen molar-refractivity contribution in [3.63, 3.8) is 0 Å². The molecule has 72 valence electrons. The standard InChI is InChI=1S/C9H16F2O/c1-3-4-5-6-7-9(10,11)8(2)12/h3-7H2,1-2H3. The van der Waals surface area contributed by atoms with Crippen LogP contribution in [0.3, 0.4) is 0 Å². The Kier molecular flexibility index (Phi) is 5.02. The van der Waals surface area contributed by atoms with Gasteiger partial charge >= 0.3 is 5.92 Å². The molecular weight excluding hydrogens is 162 g/mol. The minimum Gasteiger partial charge on any atom is -0.293 e. The van der Waals surface area contributed by atoms with Gasteiger partial charge in [-0.2, -0.15) is 8.78 Å². The van der Waals surface area contributed by atoms with E-state index in [4.69, 9.17) is 0 Å². The molecule has 0 saturated carbocycles. The van der Waals surface area contributed by atoms with Crippen molar-refractivity contribution < 1.29 is 13.6 Å². The quantitative estimate of drug-likeness (QED) is 0.571. The molecule has 0 fully saturated rings. The first-order chi connectivity index (χ1) is 5.50. The molecular formula is C9H16F2O. The lowest BCUT2D eigenvalue weighted by molar-refractivity contribution is -0.141. The molecule has 0 spiro atoms. The highest BCUT2D eigenvalue weighted by Crippen LogP contribution is 2.22. The van der Waals surface area contributed by atoms with Crippen LogP contribution in [0.4, 0.5) is 8.78 Å². The van der Waals surface area contributed by atoms with Gasteiger partial charge < -0.3 is 0 Å². The molecule has 0 aromatic carbocycles. The lowest BCUT2D eigenvalue weighted by Gasteiger charge is -2.11. The molecule has 0 aliphatic heterocycles. The van der Waals surface area contributed by atoms with E-state index in [0.29, 0.717) is 6.42 Å². The predicted octanol–water partition coefficient (Wildman–Crippen LogP) is 3.18. The Bertz CT molecular complexity index is 143. The second kappa shape index (κ2) is 5.22. The second-order valence-corrected chi connectivity index (χ2v) is 3.07. The number of rotatable bonds is 6. The Labute approximate surface area is 72.2 Å². The molecule has 0 saturated heterocycles. The van der Waals surface area contributed by atoms with Gasteiger partial charge in [-0.05, 0) is 6.42 Å². The van der Waals surface area contributed by atoms with Gasteiger partial charge in [-0.15, -0.1) is 0 Å². The fourth-order valence-electron chi connectivity index (χ4n) is 0.950. The lowest BCUT2D eigenvalue weighted by Crippen LogP contribution is -2.25. The monoisotopic (exact) mass is 178 g/mol. The summed E-state index contributed by atoms with van der Waals surface area (Å²) in [6.45, 7) is 2.96. The summed E-state index contributed by atoms with van der Waals surface area (Å²) < 4.78 is 25.2. The molecule has 0 radical (unpaired) electrons. The van der Waals surface area contributed by atoms with Gasteiger partial charge in [-0.3, -0.25) is 4.79 Å². The fraction of sp³-hybridized carbons (Fsp3) is 0.889. The van der Waals surface area contributed by atoms with Gasteiger partial charge in [0.15, 0.2) is 5.78 Å². The van der Waals surface area contributed by atoms with Gasteiger partial charge in [0.05, 0.1) is 0 Å². The molecule has 0 aromatic rings. The van der Waals surface area contributed by atoms with Crippen LogP contribution < -0.4 is 0 Å². The van der Waals surface area contributed by atoms with E-state index in [1.165, 1.54) is 0 Å². The highest BCUT2D eigenvalue weighted by atomic mass is 19.3. The van der Waals surface area contributed by atoms with Crippen LogP contribution in [-0.2, 0) is 4.79 Å². The average Bonchev–Trinajstić information content (AvgIpc) is 1.98. The maximum absolute atomic E-state index is 12.6. The Balaban J connectivity index is 3.54. The van der Waals surface area contributed by atoms with E-state index in [1.54, 1.807) is 0 Å². The Morgan fingerprint density at radius 3 is 2.25 bits per heavy atom. The summed E-state index contributed by atoms with van der Waals surface area (Å²) in [7, 11) is 0. The maximum Gasteiger partial charge on any atom is 0.304 e. The summed E-state index contributed by atoms with van der Waals surface area (Å²) in [5.41, 5.74) is 0. The third kappa shape index (κ3) is 4.42. The van der Waals surface area contributed by atoms with Crippen molar-refractivity contribution in [2.24, 2.45) is 0 Å². The summed E-state index contributed by atoms with van der Waals surface area (Å²) in [6.07, 6.45) is 2.93. The molecule has 0 aliphatic rings. The van der Waals surface area contributed by atoms with Crippen molar-refractivity contribution in [2.45, 2.75) is 51.9 Å². The number of alkyl halides is 2. The Morgan fingerprint density at radius 2 is 1.83 bits per heavy atom. The van der Waals surface area contributed by atoms with Crippen LogP contribution in [0.1, 0.15) is 46.0 Å². The van der Waals surface area contributed by atoms with Crippen molar-refractivity contribution in [3.05, 3.63) is 0 Å². The molecule has 12 heavy (non-hydrogen) atoms. The van der Waals surface area contributed by atoms with Gasteiger partial charge in [-0.25, -0.2) is 0 Å². The predicted molar refractivity (Wildman–Crippen MR) is 44.4 cm³/mol. The first-order valence-electron chi connectivity index (χ1n) is 4.39. The van der Waals surface area contributed by atoms with E-state index in [1.807, 2.05) is 6.92 Å². The normalized spacial score (nSPS) is 11.7. The molecule has 0 aromatic heterocycles. The van der Waals surface area contributed by atoms with E-state index >= 15 is 0 Å². The third-order valence-corrected chi connectivity index (χ3v) is 1.86. The average molecular weight is 178 g/mol. The number of hydrogen-bond donors (Lipinski definition) is 0. The summed E-state index contributed by atoms with van der Waals surface area (Å²) in [4.78, 5) is 10.4. The number of carbonyl (C=O) groups is 1. The van der Waals surface area contributed by atoms with Crippen molar-refractivity contribution >= 4 is 5.78 Å². The molecule has 3 heteroatoms. The summed E-state index contributed by atoms with van der Waals surface area (Å²) >= 11 is 0. The topological polar surface area (TPSA) is 17.1 Å². The summed E-state index contributed by atoms with van der Waals surface area (Å²) in [5.74, 6) is -4.10. The molecule has 1 nitrogen and oxygen atoms in total. The largest absolute Gasteiger partial charge is 0.304 e. The maximum atomic E-state index is 12.6. The minimum absolute atomic E-state index is 0.289. The number of Topliss-reactive ketones (excluding diaryl/α,β-unsaturated/α-hetero) is 1. The van der Waals surface area contributed by atoms with Crippen LogP contribution >= 0.6 is 0 Å². The number of halogens is 2. The minimum atomic E-state index is -3.09. The fourth-order valence-corrected chi connectivity index (χ4v) is 0.950. The number of ketones is 1. The summed E-state index contributed by atoms with van der Waals surface area (Å²) in [6, 6.07) is 0. The van der Waals surface area contributed by atoms with Gasteiger partial charge in [-0.1, -0.05) is 26.2 Å². The zero-order valence-electron chi connectivity index (χ0n) is 7.70. The molecule has 0 bridgehead atoms. The molecule has 0 atom stereocenters. The zero-order chi connectivity index (χ0) is 9.61. The van der Waals surface area contributed by atoms with E-state index in [-0.39, 0.29) is 6.42 Å². The third-order valence-electron chi connectivity index (χ3n) is 1.86. The van der Waals surface area contributed by atoms with Gasteiger partial charge in [0.1, 0.15) is 0 Å². The van der Waals surface area contributed by atoms with Crippen LogP contribution in [0.15, 0.2) is 0 Å². The number of hydrogen-bond acceptors (Lipinski definition) is 1. The van der Waals surface area contributed by atoms with Crippen molar-refractivity contribution in [1.29, 1.82) is 0 Å². The molecule has 0 heterocycles. The highest BCUT2D eigenvalue weighted by Gasteiger charge is 2.33. The van der Waals surface area contributed by atoms with Crippen LogP contribution in [0.25, 0.3) is 0 Å². The van der Waals surface area contributed by atoms with Crippen LogP contribution in [0.2, 0.25) is 0 Å². The van der Waals surface area contributed by atoms with Gasteiger partial charge in [0.25, 0.3) is 0 Å². The Hall–Kier alpha value is -0.470. The zero-order valence-corrected chi connectivity index (χ0v) is 7.70. The number of carbonyl (C=O) groups excluding carboxylic acids is 1. The smallest absolute Gasteiger partial charge is 0.293 e. The molecule has 0 N–H and O–H groups in total. The molecule has 0 aliphatic carbocycles. The van der Waals surface area contributed by atoms with Crippen LogP contribution in [0, 0.1) is 0 Å². The van der Waals surface area contributed by atoms with Crippen molar-refractivity contribution in [3.8, 4) is 0 Å². The Morgan fingerprint density at radius 1 is 1.25 bits per heavy atom. The molecule has 0 unspecified atom stereocenters. The van der Waals surface area contributed by atoms with E-state index in [2.05, 4.69) is 0 Å². The van der Waals surface area contributed by atoms with E-state index in [0.717, 1.165) is 26.2 Å². The molecule has 0 rings (SSSR count). The highest BCUT2D eigenvalue weighted by molar-refractivity contribution is 5.82. The number of unbranched alkanes of at least 4 members (excludes halogenated alkanes) is 3. The first kappa shape index (κ1) is 11.5.